The molecule has 31 heavy (non-hydrogen) atoms. The Balaban J connectivity index is 1.27. The monoisotopic (exact) mass is 409 g/mol. The fraction of sp³-hybridized carbons (Fsp3) is 0. The van der Waals surface area contributed by atoms with Crippen molar-refractivity contribution in [3.05, 3.63) is 91.5 Å². The van der Waals surface area contributed by atoms with Gasteiger partial charge >= 0.3 is 0 Å². The number of nitrogens with zero attached hydrogens (tertiary/aromatic N) is 6. The van der Waals surface area contributed by atoms with Crippen molar-refractivity contribution in [1.82, 2.24) is 29.5 Å². The lowest BCUT2D eigenvalue weighted by atomic mass is 10.2. The van der Waals surface area contributed by atoms with Crippen LogP contribution in [0.15, 0.2) is 85.8 Å². The van der Waals surface area contributed by atoms with E-state index in [0.717, 1.165) is 5.52 Å². The quantitative estimate of drug-likeness (QED) is 0.472. The number of aromatic nitrogens is 6. The lowest BCUT2D eigenvalue weighted by molar-refractivity contribution is 0.102. The minimum Gasteiger partial charge on any atom is -0.439 e. The molecule has 0 saturated heterocycles. The zero-order valence-corrected chi connectivity index (χ0v) is 16.1. The Morgan fingerprint density at radius 1 is 0.968 bits per heavy atom. The van der Waals surface area contributed by atoms with Gasteiger partial charge in [-0.2, -0.15) is 0 Å². The van der Waals surface area contributed by atoms with Crippen LogP contribution < -0.4 is 10.1 Å². The van der Waals surface area contributed by atoms with E-state index >= 15 is 0 Å². The number of carbonyl (C=O) groups is 1. The highest BCUT2D eigenvalue weighted by molar-refractivity contribution is 6.03. The van der Waals surface area contributed by atoms with E-state index in [2.05, 4.69) is 30.2 Å². The molecule has 0 saturated carbocycles. The van der Waals surface area contributed by atoms with Crippen molar-refractivity contribution >= 4 is 22.6 Å². The van der Waals surface area contributed by atoms with Gasteiger partial charge in [-0.25, -0.2) is 19.9 Å². The summed E-state index contributed by atoms with van der Waals surface area (Å²) < 4.78 is 7.54. The van der Waals surface area contributed by atoms with Gasteiger partial charge in [0.25, 0.3) is 5.91 Å². The molecule has 0 bridgehead atoms. The van der Waals surface area contributed by atoms with Crippen LogP contribution in [0.4, 0.5) is 5.69 Å². The van der Waals surface area contributed by atoms with Crippen molar-refractivity contribution in [2.75, 3.05) is 5.32 Å². The fourth-order valence-electron chi connectivity index (χ4n) is 2.91. The van der Waals surface area contributed by atoms with Crippen LogP contribution >= 0.6 is 0 Å². The molecule has 0 aliphatic carbocycles. The van der Waals surface area contributed by atoms with Crippen molar-refractivity contribution in [3.8, 4) is 17.4 Å². The number of carbonyl (C=O) groups excluding carboxylic acids is 1. The summed E-state index contributed by atoms with van der Waals surface area (Å²) in [7, 11) is 0. The summed E-state index contributed by atoms with van der Waals surface area (Å²) in [6, 6.07) is 16.0. The maximum absolute atomic E-state index is 12.5. The van der Waals surface area contributed by atoms with Crippen molar-refractivity contribution < 1.29 is 9.53 Å². The van der Waals surface area contributed by atoms with Crippen molar-refractivity contribution in [1.29, 1.82) is 0 Å². The van der Waals surface area contributed by atoms with E-state index in [9.17, 15) is 4.79 Å². The molecule has 0 radical (unpaired) electrons. The van der Waals surface area contributed by atoms with Crippen molar-refractivity contribution in [2.24, 2.45) is 0 Å². The van der Waals surface area contributed by atoms with Crippen LogP contribution in [0.5, 0.6) is 11.6 Å². The van der Waals surface area contributed by atoms with Crippen LogP contribution in [0.25, 0.3) is 16.9 Å². The number of rotatable bonds is 5. The van der Waals surface area contributed by atoms with Gasteiger partial charge < -0.3 is 10.1 Å². The number of hydrogen-bond acceptors (Lipinski definition) is 7. The fourth-order valence-corrected chi connectivity index (χ4v) is 2.91. The minimum absolute atomic E-state index is 0.243. The first-order chi connectivity index (χ1) is 15.2. The molecule has 1 amide bonds. The second kappa shape index (κ2) is 7.99. The molecular weight excluding hydrogens is 394 g/mol. The van der Waals surface area contributed by atoms with Crippen LogP contribution in [0.1, 0.15) is 10.5 Å². The summed E-state index contributed by atoms with van der Waals surface area (Å²) in [5.41, 5.74) is 2.25. The Morgan fingerprint density at radius 3 is 2.61 bits per heavy atom. The van der Waals surface area contributed by atoms with Crippen molar-refractivity contribution in [2.45, 2.75) is 0 Å². The van der Waals surface area contributed by atoms with Gasteiger partial charge in [-0.1, -0.05) is 12.1 Å². The molecule has 5 rings (SSSR count). The summed E-state index contributed by atoms with van der Waals surface area (Å²) in [5, 5.41) is 2.81. The lowest BCUT2D eigenvalue weighted by Crippen LogP contribution is -2.14. The van der Waals surface area contributed by atoms with E-state index in [1.165, 1.54) is 12.5 Å². The third-order valence-electron chi connectivity index (χ3n) is 4.41. The molecule has 0 unspecified atom stereocenters. The Labute approximate surface area is 176 Å². The van der Waals surface area contributed by atoms with E-state index in [4.69, 9.17) is 4.74 Å². The van der Waals surface area contributed by atoms with E-state index in [1.807, 2.05) is 24.3 Å². The average molecular weight is 409 g/mol. The molecule has 0 aliphatic heterocycles. The number of benzene rings is 2. The molecule has 5 aromatic rings. The minimum atomic E-state index is -0.340. The molecular formula is C22H15N7O2. The third-order valence-corrected chi connectivity index (χ3v) is 4.41. The first kappa shape index (κ1) is 18.4. The van der Waals surface area contributed by atoms with Gasteiger partial charge in [-0.05, 0) is 36.4 Å². The molecule has 0 spiro atoms. The SMILES string of the molecule is O=C(Nc1ccc(Oc2cc(-n3ccnc3)ncn2)cc1)c1cnc2ccccc2n1. The summed E-state index contributed by atoms with van der Waals surface area (Å²) in [6.45, 7) is 0. The molecule has 0 aliphatic rings. The number of ether oxygens (including phenoxy) is 1. The van der Waals surface area contributed by atoms with Crippen LogP contribution in [-0.4, -0.2) is 35.4 Å². The van der Waals surface area contributed by atoms with Gasteiger partial charge in [0, 0.05) is 24.1 Å². The zero-order chi connectivity index (χ0) is 21.0. The number of amides is 1. The second-order valence-electron chi connectivity index (χ2n) is 6.51. The molecule has 9 heteroatoms. The van der Waals surface area contributed by atoms with Gasteiger partial charge in [-0.3, -0.25) is 14.3 Å². The lowest BCUT2D eigenvalue weighted by Gasteiger charge is -2.08. The molecule has 1 N–H and O–H groups in total. The van der Waals surface area contributed by atoms with E-state index in [-0.39, 0.29) is 11.6 Å². The number of anilines is 1. The normalized spacial score (nSPS) is 10.7. The molecule has 150 valence electrons. The summed E-state index contributed by atoms with van der Waals surface area (Å²) in [5.74, 6) is 1.26. The predicted molar refractivity (Wildman–Crippen MR) is 113 cm³/mol. The van der Waals surface area contributed by atoms with Crippen molar-refractivity contribution in [3.63, 3.8) is 0 Å². The van der Waals surface area contributed by atoms with Gasteiger partial charge in [-0.15, -0.1) is 0 Å². The Kier molecular flexibility index (Phi) is 4.74. The highest BCUT2D eigenvalue weighted by atomic mass is 16.5. The van der Waals surface area contributed by atoms with E-state index < -0.39 is 0 Å². The van der Waals surface area contributed by atoms with Crippen LogP contribution in [0.3, 0.4) is 0 Å². The maximum atomic E-state index is 12.5. The highest BCUT2D eigenvalue weighted by Gasteiger charge is 2.10. The highest BCUT2D eigenvalue weighted by Crippen LogP contribution is 2.22. The second-order valence-corrected chi connectivity index (χ2v) is 6.51. The van der Waals surface area contributed by atoms with Crippen LogP contribution in [0, 0.1) is 0 Å². The van der Waals surface area contributed by atoms with Crippen LogP contribution in [-0.2, 0) is 0 Å². The van der Waals surface area contributed by atoms with Gasteiger partial charge in [0.05, 0.1) is 17.2 Å². The number of imidazole rings is 1. The van der Waals surface area contributed by atoms with E-state index in [0.29, 0.717) is 28.7 Å². The molecule has 3 heterocycles. The Bertz CT molecular complexity index is 1350. The molecule has 0 atom stereocenters. The number of hydrogen-bond donors (Lipinski definition) is 1. The number of para-hydroxylation sites is 2. The average Bonchev–Trinajstić information content (AvgIpc) is 3.35. The molecule has 3 aromatic heterocycles. The smallest absolute Gasteiger partial charge is 0.275 e. The summed E-state index contributed by atoms with van der Waals surface area (Å²) >= 11 is 0. The largest absolute Gasteiger partial charge is 0.439 e. The van der Waals surface area contributed by atoms with Gasteiger partial charge in [0.2, 0.25) is 5.88 Å². The van der Waals surface area contributed by atoms with E-state index in [1.54, 1.807) is 53.6 Å². The predicted octanol–water partition coefficient (Wildman–Crippen LogP) is 3.65. The Morgan fingerprint density at radius 2 is 1.81 bits per heavy atom. The third kappa shape index (κ3) is 4.06. The van der Waals surface area contributed by atoms with Crippen LogP contribution in [0.2, 0.25) is 0 Å². The summed E-state index contributed by atoms with van der Waals surface area (Å²) in [6.07, 6.45) is 7.97. The molecule has 9 nitrogen and oxygen atoms in total. The topological polar surface area (TPSA) is 108 Å². The summed E-state index contributed by atoms with van der Waals surface area (Å²) in [4.78, 5) is 33.5. The zero-order valence-electron chi connectivity index (χ0n) is 16.1. The van der Waals surface area contributed by atoms with Gasteiger partial charge in [0.1, 0.15) is 29.9 Å². The maximum Gasteiger partial charge on any atom is 0.275 e. The first-order valence-electron chi connectivity index (χ1n) is 9.36. The number of fused-ring (bicyclic) bond motifs is 1. The number of nitrogens with one attached hydrogen (secondary N) is 1. The first-order valence-corrected chi connectivity index (χ1v) is 9.36. The Hall–Kier alpha value is -4.66. The molecule has 2 aromatic carbocycles. The molecule has 0 fully saturated rings. The standard InChI is InChI=1S/C22H15N7O2/c30-22(19-12-24-17-3-1-2-4-18(17)28-19)27-15-5-7-16(8-6-15)31-21-11-20(25-13-26-21)29-10-9-23-14-29/h1-14H,(H,27,30). The van der Waals surface area contributed by atoms with Gasteiger partial charge in [0.15, 0.2) is 0 Å².